The average molecular weight is 218 g/mol. The number of benzene rings is 1. The molecule has 1 fully saturated rings. The minimum absolute atomic E-state index is 0.629. The Morgan fingerprint density at radius 1 is 1.31 bits per heavy atom. The summed E-state index contributed by atoms with van der Waals surface area (Å²) in [6.45, 7) is 4.43. The predicted octanol–water partition coefficient (Wildman–Crippen LogP) is 3.57. The van der Waals surface area contributed by atoms with Crippen molar-refractivity contribution in [3.05, 3.63) is 23.8 Å². The summed E-state index contributed by atoms with van der Waals surface area (Å²) in [5.41, 5.74) is 9.18. The Kier molecular flexibility index (Phi) is 3.37. The SMILES string of the molecule is Cc1c(N)cccc1NC1CCCC(C)C1. The minimum atomic E-state index is 0.629. The molecule has 0 radical (unpaired) electrons. The number of anilines is 2. The minimum Gasteiger partial charge on any atom is -0.398 e. The molecule has 1 aromatic carbocycles. The maximum absolute atomic E-state index is 5.91. The smallest absolute Gasteiger partial charge is 0.0392 e. The van der Waals surface area contributed by atoms with Crippen molar-refractivity contribution in [3.8, 4) is 0 Å². The Hall–Kier alpha value is -1.18. The second-order valence-corrected chi connectivity index (χ2v) is 5.13. The van der Waals surface area contributed by atoms with Gasteiger partial charge >= 0.3 is 0 Å². The Morgan fingerprint density at radius 3 is 2.88 bits per heavy atom. The molecule has 2 nitrogen and oxygen atoms in total. The molecule has 16 heavy (non-hydrogen) atoms. The van der Waals surface area contributed by atoms with Gasteiger partial charge in [-0.15, -0.1) is 0 Å². The normalized spacial score (nSPS) is 25.4. The molecule has 0 bridgehead atoms. The van der Waals surface area contributed by atoms with Crippen LogP contribution in [0, 0.1) is 12.8 Å². The molecule has 88 valence electrons. The maximum Gasteiger partial charge on any atom is 0.0392 e. The molecule has 0 saturated heterocycles. The van der Waals surface area contributed by atoms with Crippen molar-refractivity contribution < 1.29 is 0 Å². The fraction of sp³-hybridized carbons (Fsp3) is 0.571. The van der Waals surface area contributed by atoms with Gasteiger partial charge in [0, 0.05) is 17.4 Å². The van der Waals surface area contributed by atoms with Crippen LogP contribution in [0.1, 0.15) is 38.2 Å². The van der Waals surface area contributed by atoms with E-state index in [4.69, 9.17) is 5.73 Å². The molecule has 2 heteroatoms. The van der Waals surface area contributed by atoms with Crippen LogP contribution in [0.25, 0.3) is 0 Å². The summed E-state index contributed by atoms with van der Waals surface area (Å²) in [7, 11) is 0. The summed E-state index contributed by atoms with van der Waals surface area (Å²) in [5, 5.41) is 3.64. The quantitative estimate of drug-likeness (QED) is 0.745. The third-order valence-corrected chi connectivity index (χ3v) is 3.67. The standard InChI is InChI=1S/C14H22N2/c1-10-5-3-6-12(9-10)16-14-8-4-7-13(15)11(14)2/h4,7-8,10,12,16H,3,5-6,9,15H2,1-2H3. The summed E-state index contributed by atoms with van der Waals surface area (Å²) in [4.78, 5) is 0. The van der Waals surface area contributed by atoms with Gasteiger partial charge in [0.1, 0.15) is 0 Å². The molecule has 0 amide bonds. The third kappa shape index (κ3) is 2.49. The average Bonchev–Trinajstić information content (AvgIpc) is 2.25. The van der Waals surface area contributed by atoms with Crippen LogP contribution < -0.4 is 11.1 Å². The van der Waals surface area contributed by atoms with E-state index < -0.39 is 0 Å². The van der Waals surface area contributed by atoms with Crippen LogP contribution in [0.2, 0.25) is 0 Å². The molecular formula is C14H22N2. The molecule has 3 N–H and O–H groups in total. The van der Waals surface area contributed by atoms with Crippen molar-refractivity contribution in [2.24, 2.45) is 5.92 Å². The van der Waals surface area contributed by atoms with Crippen LogP contribution in [0.4, 0.5) is 11.4 Å². The van der Waals surface area contributed by atoms with Crippen LogP contribution in [0.15, 0.2) is 18.2 Å². The van der Waals surface area contributed by atoms with Gasteiger partial charge in [-0.25, -0.2) is 0 Å². The Morgan fingerprint density at radius 2 is 2.12 bits per heavy atom. The van der Waals surface area contributed by atoms with E-state index in [1.165, 1.54) is 36.9 Å². The summed E-state index contributed by atoms with van der Waals surface area (Å²) < 4.78 is 0. The fourth-order valence-electron chi connectivity index (χ4n) is 2.59. The van der Waals surface area contributed by atoms with Crippen LogP contribution in [0.3, 0.4) is 0 Å². The van der Waals surface area contributed by atoms with Gasteiger partial charge in [0.05, 0.1) is 0 Å². The van der Waals surface area contributed by atoms with E-state index in [1.807, 2.05) is 12.1 Å². The van der Waals surface area contributed by atoms with E-state index in [9.17, 15) is 0 Å². The van der Waals surface area contributed by atoms with E-state index in [2.05, 4.69) is 25.2 Å². The molecule has 2 unspecified atom stereocenters. The lowest BCUT2D eigenvalue weighted by molar-refractivity contribution is 0.358. The molecule has 0 spiro atoms. The van der Waals surface area contributed by atoms with E-state index in [0.29, 0.717) is 6.04 Å². The van der Waals surface area contributed by atoms with Crippen LogP contribution in [0.5, 0.6) is 0 Å². The van der Waals surface area contributed by atoms with E-state index in [0.717, 1.165) is 11.6 Å². The van der Waals surface area contributed by atoms with Crippen LogP contribution in [-0.2, 0) is 0 Å². The number of nitrogens with one attached hydrogen (secondary N) is 1. The highest BCUT2D eigenvalue weighted by atomic mass is 14.9. The zero-order chi connectivity index (χ0) is 11.5. The van der Waals surface area contributed by atoms with Crippen molar-refractivity contribution in [2.75, 3.05) is 11.1 Å². The molecule has 0 heterocycles. The van der Waals surface area contributed by atoms with E-state index in [1.54, 1.807) is 0 Å². The highest BCUT2D eigenvalue weighted by Gasteiger charge is 2.19. The topological polar surface area (TPSA) is 38.0 Å². The lowest BCUT2D eigenvalue weighted by atomic mass is 9.87. The van der Waals surface area contributed by atoms with Crippen molar-refractivity contribution >= 4 is 11.4 Å². The number of hydrogen-bond acceptors (Lipinski definition) is 2. The summed E-state index contributed by atoms with van der Waals surface area (Å²) in [6.07, 6.45) is 5.31. The van der Waals surface area contributed by atoms with Crippen molar-refractivity contribution in [1.82, 2.24) is 0 Å². The van der Waals surface area contributed by atoms with Crippen LogP contribution >= 0.6 is 0 Å². The maximum atomic E-state index is 5.91. The molecule has 1 aromatic rings. The first-order chi connectivity index (χ1) is 7.66. The molecule has 1 saturated carbocycles. The first-order valence-corrected chi connectivity index (χ1v) is 6.28. The second-order valence-electron chi connectivity index (χ2n) is 5.13. The van der Waals surface area contributed by atoms with E-state index in [-0.39, 0.29) is 0 Å². The Bertz CT molecular complexity index is 360. The molecule has 2 rings (SSSR count). The predicted molar refractivity (Wildman–Crippen MR) is 70.6 cm³/mol. The van der Waals surface area contributed by atoms with Gasteiger partial charge in [-0.2, -0.15) is 0 Å². The highest BCUT2D eigenvalue weighted by molar-refractivity contribution is 5.63. The van der Waals surface area contributed by atoms with Crippen molar-refractivity contribution in [3.63, 3.8) is 0 Å². The summed E-state index contributed by atoms with van der Waals surface area (Å²) >= 11 is 0. The van der Waals surface area contributed by atoms with Crippen molar-refractivity contribution in [1.29, 1.82) is 0 Å². The van der Waals surface area contributed by atoms with Gasteiger partial charge in [-0.3, -0.25) is 0 Å². The summed E-state index contributed by atoms with van der Waals surface area (Å²) in [5.74, 6) is 0.854. The largest absolute Gasteiger partial charge is 0.398 e. The zero-order valence-electron chi connectivity index (χ0n) is 10.3. The highest BCUT2D eigenvalue weighted by Crippen LogP contribution is 2.28. The first kappa shape index (κ1) is 11.3. The summed E-state index contributed by atoms with van der Waals surface area (Å²) in [6, 6.07) is 6.75. The molecule has 0 aliphatic heterocycles. The first-order valence-electron chi connectivity index (χ1n) is 6.28. The third-order valence-electron chi connectivity index (χ3n) is 3.67. The Balaban J connectivity index is 2.05. The molecule has 1 aliphatic carbocycles. The fourth-order valence-corrected chi connectivity index (χ4v) is 2.59. The molecular weight excluding hydrogens is 196 g/mol. The van der Waals surface area contributed by atoms with Crippen LogP contribution in [-0.4, -0.2) is 6.04 Å². The van der Waals surface area contributed by atoms with Crippen molar-refractivity contribution in [2.45, 2.75) is 45.6 Å². The number of nitrogens with two attached hydrogens (primary N) is 1. The van der Waals surface area contributed by atoms with E-state index >= 15 is 0 Å². The molecule has 2 atom stereocenters. The Labute approximate surface area is 98.2 Å². The second kappa shape index (κ2) is 4.77. The molecule has 0 aromatic heterocycles. The number of nitrogen functional groups attached to an aromatic ring is 1. The van der Waals surface area contributed by atoms with Gasteiger partial charge in [0.25, 0.3) is 0 Å². The molecule has 1 aliphatic rings. The number of hydrogen-bond donors (Lipinski definition) is 2. The van der Waals surface area contributed by atoms with Gasteiger partial charge in [0.2, 0.25) is 0 Å². The van der Waals surface area contributed by atoms with Gasteiger partial charge in [-0.05, 0) is 43.4 Å². The lowest BCUT2D eigenvalue weighted by Gasteiger charge is -2.29. The number of rotatable bonds is 2. The van der Waals surface area contributed by atoms with Gasteiger partial charge in [0.15, 0.2) is 0 Å². The zero-order valence-corrected chi connectivity index (χ0v) is 10.3. The lowest BCUT2D eigenvalue weighted by Crippen LogP contribution is -2.26. The van der Waals surface area contributed by atoms with Gasteiger partial charge in [-0.1, -0.05) is 25.8 Å². The van der Waals surface area contributed by atoms with Gasteiger partial charge < -0.3 is 11.1 Å². The monoisotopic (exact) mass is 218 g/mol.